The maximum absolute atomic E-state index is 12.2. The van der Waals surface area contributed by atoms with E-state index < -0.39 is 21.8 Å². The van der Waals surface area contributed by atoms with E-state index in [9.17, 15) is 23.1 Å². The van der Waals surface area contributed by atoms with Crippen molar-refractivity contribution in [2.75, 3.05) is 6.54 Å². The fourth-order valence-corrected chi connectivity index (χ4v) is 3.64. The molecule has 10 nitrogen and oxygen atoms in total. The van der Waals surface area contributed by atoms with Gasteiger partial charge in [-0.25, -0.2) is 17.8 Å². The molecule has 2 aromatic carbocycles. The van der Waals surface area contributed by atoms with E-state index in [-0.39, 0.29) is 29.3 Å². The first-order valence-electron chi connectivity index (χ1n) is 8.95. The molecule has 0 radical (unpaired) electrons. The lowest BCUT2D eigenvalue weighted by Crippen LogP contribution is -2.43. The predicted octanol–water partition coefficient (Wildman–Crippen LogP) is 1.36. The quantitative estimate of drug-likeness (QED) is 0.390. The van der Waals surface area contributed by atoms with Gasteiger partial charge in [0.25, 0.3) is 5.91 Å². The lowest BCUT2D eigenvalue weighted by Gasteiger charge is -2.08. The van der Waals surface area contributed by atoms with Crippen LogP contribution in [0.1, 0.15) is 16.9 Å². The zero-order chi connectivity index (χ0) is 22.4. The van der Waals surface area contributed by atoms with E-state index in [0.717, 1.165) is 0 Å². The molecule has 0 fully saturated rings. The maximum atomic E-state index is 12.2. The zero-order valence-corrected chi connectivity index (χ0v) is 17.5. The van der Waals surface area contributed by atoms with Gasteiger partial charge in [0.2, 0.25) is 15.9 Å². The van der Waals surface area contributed by atoms with Gasteiger partial charge in [0, 0.05) is 18.0 Å². The van der Waals surface area contributed by atoms with Gasteiger partial charge in [-0.05, 0) is 36.4 Å². The first kappa shape index (κ1) is 22.3. The molecule has 0 aliphatic heterocycles. The third-order valence-electron chi connectivity index (χ3n) is 4.01. The molecule has 4 N–H and O–H groups in total. The van der Waals surface area contributed by atoms with Gasteiger partial charge in [0.1, 0.15) is 0 Å². The first-order chi connectivity index (χ1) is 14.8. The second-order valence-electron chi connectivity index (χ2n) is 6.25. The Morgan fingerprint density at radius 1 is 1.03 bits per heavy atom. The summed E-state index contributed by atoms with van der Waals surface area (Å²) in [7, 11) is -3.80. The zero-order valence-electron chi connectivity index (χ0n) is 15.9. The van der Waals surface area contributed by atoms with Crippen molar-refractivity contribution in [2.45, 2.75) is 11.3 Å². The average molecular weight is 464 g/mol. The number of carbonyl (C=O) groups excluding carboxylic acids is 2. The van der Waals surface area contributed by atoms with Crippen LogP contribution in [0.5, 0.6) is 5.75 Å². The number of aromatic nitrogens is 2. The Labute approximate surface area is 182 Å². The van der Waals surface area contributed by atoms with Crippen LogP contribution in [0.2, 0.25) is 5.02 Å². The van der Waals surface area contributed by atoms with Gasteiger partial charge in [-0.3, -0.25) is 20.4 Å². The molecule has 0 atom stereocenters. The van der Waals surface area contributed by atoms with Gasteiger partial charge in [0.05, 0.1) is 16.8 Å². The van der Waals surface area contributed by atoms with Crippen LogP contribution in [0.3, 0.4) is 0 Å². The van der Waals surface area contributed by atoms with Gasteiger partial charge in [-0.15, -0.1) is 0 Å². The van der Waals surface area contributed by atoms with E-state index in [1.165, 1.54) is 35.1 Å². The Morgan fingerprint density at radius 3 is 2.39 bits per heavy atom. The Balaban J connectivity index is 1.49. The monoisotopic (exact) mass is 463 g/mol. The minimum absolute atomic E-state index is 0.00934. The molecule has 31 heavy (non-hydrogen) atoms. The molecule has 2 amide bonds. The van der Waals surface area contributed by atoms with Crippen LogP contribution in [0.15, 0.2) is 65.7 Å². The smallest absolute Gasteiger partial charge is 0.294 e. The number of hydrogen-bond donors (Lipinski definition) is 4. The number of nitrogens with one attached hydrogen (secondary N) is 3. The fraction of sp³-hybridized carbons (Fsp3) is 0.105. The molecule has 1 aromatic heterocycles. The third-order valence-corrected chi connectivity index (χ3v) is 5.74. The molecule has 12 heteroatoms. The normalized spacial score (nSPS) is 11.1. The van der Waals surface area contributed by atoms with Crippen LogP contribution in [0, 0.1) is 0 Å². The van der Waals surface area contributed by atoms with Crippen molar-refractivity contribution in [2.24, 2.45) is 0 Å². The number of sulfonamides is 1. The van der Waals surface area contributed by atoms with E-state index in [1.807, 2.05) is 6.07 Å². The largest absolute Gasteiger partial charge is 0.504 e. The summed E-state index contributed by atoms with van der Waals surface area (Å²) in [6.45, 7) is -0.194. The molecule has 0 spiro atoms. The van der Waals surface area contributed by atoms with Gasteiger partial charge in [0.15, 0.2) is 11.4 Å². The molecule has 0 bridgehead atoms. The standard InChI is InChI=1S/C19H18ClN5O5S/c20-13-6-8-15(9-7-13)31(29,30)21-11-10-17(27)22-23-19(28)18-16(26)12-25(24-18)14-4-2-1-3-5-14/h1-9,12,21,26H,10-11H2,(H,22,27)(H,23,28). The lowest BCUT2D eigenvalue weighted by atomic mass is 10.3. The maximum Gasteiger partial charge on any atom is 0.294 e. The lowest BCUT2D eigenvalue weighted by molar-refractivity contribution is -0.121. The minimum atomic E-state index is -3.80. The Hall–Kier alpha value is -3.41. The van der Waals surface area contributed by atoms with Crippen molar-refractivity contribution < 1.29 is 23.1 Å². The van der Waals surface area contributed by atoms with Crippen LogP contribution < -0.4 is 15.6 Å². The molecule has 0 saturated heterocycles. The van der Waals surface area contributed by atoms with E-state index in [0.29, 0.717) is 10.7 Å². The summed E-state index contributed by atoms with van der Waals surface area (Å²) >= 11 is 5.73. The summed E-state index contributed by atoms with van der Waals surface area (Å²) in [6.07, 6.45) is 1.02. The number of halogens is 1. The third kappa shape index (κ3) is 5.81. The number of hydrogen-bond acceptors (Lipinski definition) is 6. The summed E-state index contributed by atoms with van der Waals surface area (Å²) in [4.78, 5) is 24.1. The molecule has 3 aromatic rings. The number of benzene rings is 2. The van der Waals surface area contributed by atoms with Gasteiger partial charge >= 0.3 is 0 Å². The summed E-state index contributed by atoms with van der Waals surface area (Å²) in [6, 6.07) is 14.4. The SMILES string of the molecule is O=C(CCNS(=O)(=O)c1ccc(Cl)cc1)NNC(=O)c1nn(-c2ccccc2)cc1O. The van der Waals surface area contributed by atoms with Crippen LogP contribution in [-0.4, -0.2) is 41.7 Å². The number of hydrazine groups is 1. The summed E-state index contributed by atoms with van der Waals surface area (Å²) in [5, 5.41) is 14.3. The van der Waals surface area contributed by atoms with E-state index in [4.69, 9.17) is 11.6 Å². The summed E-state index contributed by atoms with van der Waals surface area (Å²) in [5.41, 5.74) is 4.61. The molecule has 162 valence electrons. The molecule has 3 rings (SSSR count). The number of amides is 2. The van der Waals surface area contributed by atoms with Gasteiger partial charge in [-0.1, -0.05) is 29.8 Å². The number of para-hydroxylation sites is 1. The van der Waals surface area contributed by atoms with Crippen LogP contribution in [0.25, 0.3) is 5.69 Å². The molecular formula is C19H18ClN5O5S. The Morgan fingerprint density at radius 2 is 1.71 bits per heavy atom. The molecule has 0 saturated carbocycles. The molecule has 0 aliphatic carbocycles. The van der Waals surface area contributed by atoms with Gasteiger partial charge < -0.3 is 5.11 Å². The number of nitrogens with zero attached hydrogens (tertiary/aromatic N) is 2. The number of carbonyl (C=O) groups is 2. The van der Waals surface area contributed by atoms with E-state index in [1.54, 1.807) is 24.3 Å². The van der Waals surface area contributed by atoms with Crippen molar-refractivity contribution in [3.05, 3.63) is 71.5 Å². The number of rotatable bonds is 7. The van der Waals surface area contributed by atoms with Crippen LogP contribution in [0.4, 0.5) is 0 Å². The molecule has 0 aliphatic rings. The fourth-order valence-electron chi connectivity index (χ4n) is 2.48. The number of aromatic hydroxyl groups is 1. The van der Waals surface area contributed by atoms with Crippen molar-refractivity contribution in [3.63, 3.8) is 0 Å². The highest BCUT2D eigenvalue weighted by Crippen LogP contribution is 2.17. The second-order valence-corrected chi connectivity index (χ2v) is 8.45. The molecule has 1 heterocycles. The van der Waals surface area contributed by atoms with Crippen molar-refractivity contribution in [3.8, 4) is 11.4 Å². The molecular weight excluding hydrogens is 446 g/mol. The van der Waals surface area contributed by atoms with Crippen molar-refractivity contribution in [1.29, 1.82) is 0 Å². The molecule has 0 unspecified atom stereocenters. The van der Waals surface area contributed by atoms with Crippen LogP contribution in [-0.2, 0) is 14.8 Å². The highest BCUT2D eigenvalue weighted by Gasteiger charge is 2.18. The first-order valence-corrected chi connectivity index (χ1v) is 10.8. The highest BCUT2D eigenvalue weighted by molar-refractivity contribution is 7.89. The Kier molecular flexibility index (Phi) is 6.90. The highest BCUT2D eigenvalue weighted by atomic mass is 35.5. The van der Waals surface area contributed by atoms with Crippen molar-refractivity contribution >= 4 is 33.4 Å². The summed E-state index contributed by atoms with van der Waals surface area (Å²) < 4.78 is 27.9. The van der Waals surface area contributed by atoms with Crippen LogP contribution >= 0.6 is 11.6 Å². The summed E-state index contributed by atoms with van der Waals surface area (Å²) in [5.74, 6) is -1.84. The second kappa shape index (κ2) is 9.60. The van der Waals surface area contributed by atoms with Gasteiger partial charge in [-0.2, -0.15) is 5.10 Å². The Bertz CT molecular complexity index is 1180. The average Bonchev–Trinajstić information content (AvgIpc) is 3.14. The van der Waals surface area contributed by atoms with Crippen molar-refractivity contribution in [1.82, 2.24) is 25.4 Å². The topological polar surface area (TPSA) is 142 Å². The van der Waals surface area contributed by atoms with E-state index in [2.05, 4.69) is 20.7 Å². The predicted molar refractivity (Wildman–Crippen MR) is 112 cm³/mol. The van der Waals surface area contributed by atoms with E-state index >= 15 is 0 Å². The minimum Gasteiger partial charge on any atom is -0.504 e.